The summed E-state index contributed by atoms with van der Waals surface area (Å²) in [5, 5.41) is 18.4. The summed E-state index contributed by atoms with van der Waals surface area (Å²) in [4.78, 5) is 18.2. The second-order valence-corrected chi connectivity index (χ2v) is 8.02. The van der Waals surface area contributed by atoms with Crippen LogP contribution in [0.15, 0.2) is 18.2 Å². The van der Waals surface area contributed by atoms with E-state index in [-0.39, 0.29) is 0 Å². The van der Waals surface area contributed by atoms with Crippen molar-refractivity contribution in [3.63, 3.8) is 0 Å². The van der Waals surface area contributed by atoms with E-state index in [0.717, 1.165) is 43.5 Å². The second-order valence-electron chi connectivity index (χ2n) is 8.02. The first-order valence-electron chi connectivity index (χ1n) is 10.5. The van der Waals surface area contributed by atoms with Crippen molar-refractivity contribution in [1.82, 2.24) is 5.32 Å². The number of hydrogen-bond acceptors (Lipinski definition) is 6. The van der Waals surface area contributed by atoms with Gasteiger partial charge in [-0.05, 0) is 61.8 Å². The summed E-state index contributed by atoms with van der Waals surface area (Å²) in [5.41, 5.74) is 1.37. The zero-order chi connectivity index (χ0) is 21.9. The van der Waals surface area contributed by atoms with E-state index in [1.807, 2.05) is 0 Å². The van der Waals surface area contributed by atoms with Crippen molar-refractivity contribution in [2.45, 2.75) is 58.0 Å². The Labute approximate surface area is 177 Å². The van der Waals surface area contributed by atoms with Crippen molar-refractivity contribution < 1.29 is 34.0 Å². The molecule has 0 bridgehead atoms. The molecule has 30 heavy (non-hydrogen) atoms. The van der Waals surface area contributed by atoms with Crippen LogP contribution in [0.25, 0.3) is 0 Å². The topological polar surface area (TPSA) is 114 Å². The summed E-state index contributed by atoms with van der Waals surface area (Å²) in [5.74, 6) is -0.572. The highest BCUT2D eigenvalue weighted by Crippen LogP contribution is 2.37. The van der Waals surface area contributed by atoms with E-state index < -0.39 is 11.9 Å². The number of nitrogens with one attached hydrogen (secondary N) is 1. The Bertz CT molecular complexity index is 674. The van der Waals surface area contributed by atoms with Gasteiger partial charge in [0.05, 0.1) is 6.10 Å². The van der Waals surface area contributed by atoms with Crippen LogP contribution in [0.1, 0.15) is 57.4 Å². The quantitative estimate of drug-likeness (QED) is 0.410. The number of aliphatic carboxylic acids is 2. The lowest BCUT2D eigenvalue weighted by molar-refractivity contribution is -0.159. The van der Waals surface area contributed by atoms with E-state index in [4.69, 9.17) is 34.0 Å². The molecule has 2 aliphatic rings. The van der Waals surface area contributed by atoms with Crippen LogP contribution in [-0.2, 0) is 14.3 Å². The second kappa shape index (κ2) is 12.4. The van der Waals surface area contributed by atoms with Gasteiger partial charge in [-0.1, -0.05) is 26.3 Å². The van der Waals surface area contributed by atoms with Crippen molar-refractivity contribution in [3.8, 4) is 11.5 Å². The van der Waals surface area contributed by atoms with Crippen LogP contribution in [0.3, 0.4) is 0 Å². The average Bonchev–Trinajstić information content (AvgIpc) is 3.38. The predicted molar refractivity (Wildman–Crippen MR) is 111 cm³/mol. The molecule has 3 rings (SSSR count). The minimum absolute atomic E-state index is 0.346. The maximum Gasteiger partial charge on any atom is 0.414 e. The van der Waals surface area contributed by atoms with E-state index in [0.29, 0.717) is 18.8 Å². The number of carboxylic acids is 2. The highest BCUT2D eigenvalue weighted by Gasteiger charge is 2.19. The minimum Gasteiger partial charge on any atom is -0.473 e. The van der Waals surface area contributed by atoms with E-state index >= 15 is 0 Å². The van der Waals surface area contributed by atoms with Gasteiger partial charge in [-0.25, -0.2) is 9.59 Å². The normalized spacial score (nSPS) is 18.0. The first-order chi connectivity index (χ1) is 14.4. The van der Waals surface area contributed by atoms with Crippen molar-refractivity contribution in [2.75, 3.05) is 26.5 Å². The Hall–Kier alpha value is -2.32. The van der Waals surface area contributed by atoms with Gasteiger partial charge in [0, 0.05) is 13.2 Å². The van der Waals surface area contributed by atoms with Crippen LogP contribution >= 0.6 is 0 Å². The number of carboxylic acid groups (broad SMARTS) is 2. The van der Waals surface area contributed by atoms with Crippen LogP contribution in [-0.4, -0.2) is 54.7 Å². The van der Waals surface area contributed by atoms with Crippen molar-refractivity contribution in [3.05, 3.63) is 23.8 Å². The van der Waals surface area contributed by atoms with E-state index in [9.17, 15) is 0 Å². The summed E-state index contributed by atoms with van der Waals surface area (Å²) >= 11 is 0. The molecule has 8 nitrogen and oxygen atoms in total. The number of hydrogen-bond donors (Lipinski definition) is 3. The largest absolute Gasteiger partial charge is 0.473 e. The third kappa shape index (κ3) is 8.20. The van der Waals surface area contributed by atoms with Crippen LogP contribution in [0.4, 0.5) is 0 Å². The van der Waals surface area contributed by atoms with Gasteiger partial charge in [-0.15, -0.1) is 0 Å². The number of carbonyl (C=O) groups is 2. The highest BCUT2D eigenvalue weighted by molar-refractivity contribution is 6.27. The Kier molecular flexibility index (Phi) is 9.89. The molecule has 1 aromatic rings. The van der Waals surface area contributed by atoms with Crippen LogP contribution in [0.2, 0.25) is 0 Å². The molecule has 1 aromatic carbocycles. The molecule has 0 spiro atoms. The molecular formula is C22H33NO7. The fourth-order valence-corrected chi connectivity index (χ4v) is 3.52. The first-order valence-corrected chi connectivity index (χ1v) is 10.5. The SMILES string of the molecule is CC(C)CCC(CCNCC1CCCO1)c1ccc2c(c1)OCO2.O=C(O)C(=O)O. The number of fused-ring (bicyclic) bond motifs is 1. The zero-order valence-corrected chi connectivity index (χ0v) is 17.8. The third-order valence-electron chi connectivity index (χ3n) is 5.21. The van der Waals surface area contributed by atoms with Crippen molar-refractivity contribution >= 4 is 11.9 Å². The molecule has 1 fully saturated rings. The monoisotopic (exact) mass is 423 g/mol. The number of rotatable bonds is 9. The molecule has 2 atom stereocenters. The number of benzene rings is 1. The van der Waals surface area contributed by atoms with Gasteiger partial charge in [0.2, 0.25) is 6.79 Å². The molecule has 2 heterocycles. The lowest BCUT2D eigenvalue weighted by atomic mass is 9.88. The van der Waals surface area contributed by atoms with Gasteiger partial charge >= 0.3 is 11.9 Å². The molecule has 2 aliphatic heterocycles. The van der Waals surface area contributed by atoms with Gasteiger partial charge in [0.1, 0.15) is 0 Å². The van der Waals surface area contributed by atoms with Crippen molar-refractivity contribution in [1.29, 1.82) is 0 Å². The van der Waals surface area contributed by atoms with Crippen LogP contribution in [0, 0.1) is 5.92 Å². The van der Waals surface area contributed by atoms with Crippen molar-refractivity contribution in [2.24, 2.45) is 5.92 Å². The molecule has 0 saturated carbocycles. The fraction of sp³-hybridized carbons (Fsp3) is 0.636. The molecule has 3 N–H and O–H groups in total. The molecule has 0 radical (unpaired) electrons. The highest BCUT2D eigenvalue weighted by atomic mass is 16.7. The van der Waals surface area contributed by atoms with E-state index in [1.54, 1.807) is 0 Å². The maximum absolute atomic E-state index is 9.10. The Morgan fingerprint density at radius 1 is 1.10 bits per heavy atom. The molecule has 168 valence electrons. The number of ether oxygens (including phenoxy) is 3. The average molecular weight is 424 g/mol. The molecular weight excluding hydrogens is 390 g/mol. The lowest BCUT2D eigenvalue weighted by Gasteiger charge is -2.20. The summed E-state index contributed by atoms with van der Waals surface area (Å²) in [6.45, 7) is 7.90. The minimum atomic E-state index is -1.82. The molecule has 1 saturated heterocycles. The van der Waals surface area contributed by atoms with E-state index in [1.165, 1.54) is 31.2 Å². The fourth-order valence-electron chi connectivity index (χ4n) is 3.52. The molecule has 0 aliphatic carbocycles. The smallest absolute Gasteiger partial charge is 0.414 e. The Morgan fingerprint density at radius 2 is 1.83 bits per heavy atom. The van der Waals surface area contributed by atoms with Crippen LogP contribution < -0.4 is 14.8 Å². The summed E-state index contributed by atoms with van der Waals surface area (Å²) in [6, 6.07) is 6.44. The predicted octanol–water partition coefficient (Wildman–Crippen LogP) is 3.25. The van der Waals surface area contributed by atoms with E-state index in [2.05, 4.69) is 37.4 Å². The lowest BCUT2D eigenvalue weighted by Crippen LogP contribution is -2.27. The molecule has 2 unspecified atom stereocenters. The first kappa shape index (κ1) is 24.0. The summed E-state index contributed by atoms with van der Waals surface area (Å²) in [6.07, 6.45) is 6.46. The van der Waals surface area contributed by atoms with Gasteiger partial charge < -0.3 is 29.7 Å². The standard InChI is InChI=1S/C20H31NO3.C2H2O4/c1-15(2)5-6-16(9-10-21-13-18-4-3-11-22-18)17-7-8-19-20(12-17)24-14-23-19;3-1(4)2(5)6/h7-8,12,15-16,18,21H,3-6,9-11,13-14H2,1-2H3;(H,3,4)(H,5,6). The van der Waals surface area contributed by atoms with Gasteiger partial charge in [0.15, 0.2) is 11.5 Å². The Morgan fingerprint density at radius 3 is 2.47 bits per heavy atom. The van der Waals surface area contributed by atoms with Gasteiger partial charge in [0.25, 0.3) is 0 Å². The third-order valence-corrected chi connectivity index (χ3v) is 5.21. The maximum atomic E-state index is 9.10. The summed E-state index contributed by atoms with van der Waals surface area (Å²) < 4.78 is 16.7. The Balaban J connectivity index is 0.000000469. The van der Waals surface area contributed by atoms with Gasteiger partial charge in [-0.2, -0.15) is 0 Å². The molecule has 0 amide bonds. The van der Waals surface area contributed by atoms with Crippen LogP contribution in [0.5, 0.6) is 11.5 Å². The zero-order valence-electron chi connectivity index (χ0n) is 17.8. The van der Waals surface area contributed by atoms with Gasteiger partial charge in [-0.3, -0.25) is 0 Å². The summed E-state index contributed by atoms with van der Waals surface area (Å²) in [7, 11) is 0. The molecule has 0 aromatic heterocycles. The molecule has 8 heteroatoms.